The van der Waals surface area contributed by atoms with E-state index in [1.54, 1.807) is 19.1 Å². The first-order valence-electron chi connectivity index (χ1n) is 11.2. The number of piperazine rings is 1. The van der Waals surface area contributed by atoms with Gasteiger partial charge in [0, 0.05) is 11.6 Å². The molecular formula is C23H39N3O3+2. The Hall–Kier alpha value is -1.79. The van der Waals surface area contributed by atoms with Gasteiger partial charge >= 0.3 is 0 Å². The quantitative estimate of drug-likeness (QED) is 0.602. The standard InChI is InChI=1S/C23H37N3O3/c1-17-7-5-6-8-20(17)24-23(27)18(2)26-13-11-25(12-14-26)16-19-9-10-21(28-3)22(15-19)29-4/h9-10,15,17-18,20H,5-8,11-14,16H2,1-4H3,(H,24,27)/p+2/t17-,18+,20+/m0/s1. The molecule has 1 amide bonds. The summed E-state index contributed by atoms with van der Waals surface area (Å²) in [4.78, 5) is 15.8. The minimum Gasteiger partial charge on any atom is -0.493 e. The number of benzene rings is 1. The molecule has 1 saturated carbocycles. The van der Waals surface area contributed by atoms with Crippen LogP contribution in [0.25, 0.3) is 0 Å². The molecule has 1 heterocycles. The first kappa shape index (κ1) is 21.9. The highest BCUT2D eigenvalue weighted by atomic mass is 16.5. The maximum atomic E-state index is 12.8. The third kappa shape index (κ3) is 5.64. The highest BCUT2D eigenvalue weighted by Crippen LogP contribution is 2.27. The Morgan fingerprint density at radius 1 is 1.10 bits per heavy atom. The first-order chi connectivity index (χ1) is 14.0. The second kappa shape index (κ2) is 10.3. The molecule has 1 saturated heterocycles. The normalized spacial score (nSPS) is 28.4. The average Bonchev–Trinajstić information content (AvgIpc) is 2.75. The molecule has 1 aromatic rings. The van der Waals surface area contributed by atoms with Gasteiger partial charge in [0.1, 0.15) is 32.7 Å². The summed E-state index contributed by atoms with van der Waals surface area (Å²) >= 11 is 0. The largest absolute Gasteiger partial charge is 0.493 e. The lowest BCUT2D eigenvalue weighted by molar-refractivity contribution is -1.02. The third-order valence-corrected chi connectivity index (χ3v) is 6.95. The molecule has 2 fully saturated rings. The van der Waals surface area contributed by atoms with Crippen molar-refractivity contribution in [3.05, 3.63) is 23.8 Å². The van der Waals surface area contributed by atoms with Gasteiger partial charge in [-0.05, 0) is 43.9 Å². The molecule has 6 nitrogen and oxygen atoms in total. The molecule has 1 aliphatic heterocycles. The number of hydrogen-bond acceptors (Lipinski definition) is 3. The van der Waals surface area contributed by atoms with Gasteiger partial charge in [0.2, 0.25) is 0 Å². The number of carbonyl (C=O) groups is 1. The Bertz CT molecular complexity index is 673. The van der Waals surface area contributed by atoms with E-state index in [0.29, 0.717) is 12.0 Å². The number of carbonyl (C=O) groups excluding carboxylic acids is 1. The van der Waals surface area contributed by atoms with Crippen LogP contribution in [0.3, 0.4) is 0 Å². The highest BCUT2D eigenvalue weighted by Gasteiger charge is 2.33. The minimum absolute atomic E-state index is 0.0340. The predicted molar refractivity (Wildman–Crippen MR) is 114 cm³/mol. The fourth-order valence-electron chi connectivity index (χ4n) is 4.84. The van der Waals surface area contributed by atoms with E-state index in [1.807, 2.05) is 6.07 Å². The number of ether oxygens (including phenoxy) is 2. The van der Waals surface area contributed by atoms with Crippen molar-refractivity contribution in [3.63, 3.8) is 0 Å². The first-order valence-corrected chi connectivity index (χ1v) is 11.2. The van der Waals surface area contributed by atoms with E-state index in [9.17, 15) is 4.79 Å². The number of methoxy groups -OCH3 is 2. The van der Waals surface area contributed by atoms with E-state index in [1.165, 1.54) is 29.7 Å². The van der Waals surface area contributed by atoms with Crippen molar-refractivity contribution >= 4 is 5.91 Å². The van der Waals surface area contributed by atoms with Crippen LogP contribution in [-0.4, -0.2) is 58.4 Å². The molecule has 3 atom stereocenters. The average molecular weight is 406 g/mol. The molecule has 3 rings (SSSR count). The maximum absolute atomic E-state index is 12.8. The van der Waals surface area contributed by atoms with Crippen LogP contribution >= 0.6 is 0 Å². The molecule has 3 N–H and O–H groups in total. The summed E-state index contributed by atoms with van der Waals surface area (Å²) in [6.07, 6.45) is 4.93. The van der Waals surface area contributed by atoms with Crippen LogP contribution in [0.4, 0.5) is 0 Å². The van der Waals surface area contributed by atoms with E-state index in [4.69, 9.17) is 9.47 Å². The summed E-state index contributed by atoms with van der Waals surface area (Å²) in [5, 5.41) is 3.35. The molecule has 162 valence electrons. The van der Waals surface area contributed by atoms with Crippen molar-refractivity contribution in [1.29, 1.82) is 0 Å². The molecule has 0 bridgehead atoms. The van der Waals surface area contributed by atoms with Gasteiger partial charge in [-0.1, -0.05) is 19.8 Å². The number of quaternary nitrogens is 2. The molecule has 6 heteroatoms. The van der Waals surface area contributed by atoms with Crippen molar-refractivity contribution in [2.45, 2.75) is 58.2 Å². The SMILES string of the molecule is COc1ccc(C[NH+]2CC[NH+]([C@H](C)C(=O)N[C@@H]3CCCC[C@@H]3C)CC2)cc1OC. The molecule has 0 spiro atoms. The summed E-state index contributed by atoms with van der Waals surface area (Å²) in [7, 11) is 3.34. The smallest absolute Gasteiger partial charge is 0.278 e. The van der Waals surface area contributed by atoms with Crippen LogP contribution in [-0.2, 0) is 11.3 Å². The number of amides is 1. The van der Waals surface area contributed by atoms with E-state index in [2.05, 4.69) is 31.3 Å². The Morgan fingerprint density at radius 3 is 2.45 bits per heavy atom. The number of nitrogens with one attached hydrogen (secondary N) is 3. The van der Waals surface area contributed by atoms with Crippen LogP contribution in [0.5, 0.6) is 11.5 Å². The van der Waals surface area contributed by atoms with Crippen molar-refractivity contribution < 1.29 is 24.1 Å². The number of rotatable bonds is 7. The zero-order valence-electron chi connectivity index (χ0n) is 18.6. The lowest BCUT2D eigenvalue weighted by atomic mass is 9.86. The lowest BCUT2D eigenvalue weighted by Crippen LogP contribution is -3.29. The van der Waals surface area contributed by atoms with E-state index in [0.717, 1.165) is 50.6 Å². The van der Waals surface area contributed by atoms with Gasteiger partial charge in [0.15, 0.2) is 17.5 Å². The second-order valence-electron chi connectivity index (χ2n) is 8.87. The van der Waals surface area contributed by atoms with E-state index >= 15 is 0 Å². The van der Waals surface area contributed by atoms with Gasteiger partial charge in [-0.2, -0.15) is 0 Å². The summed E-state index contributed by atoms with van der Waals surface area (Å²) in [6, 6.07) is 6.58. The van der Waals surface area contributed by atoms with Crippen molar-refractivity contribution in [1.82, 2.24) is 5.32 Å². The van der Waals surface area contributed by atoms with Crippen LogP contribution in [0.1, 0.15) is 45.1 Å². The van der Waals surface area contributed by atoms with E-state index < -0.39 is 0 Å². The van der Waals surface area contributed by atoms with Gasteiger partial charge in [0.25, 0.3) is 5.91 Å². The van der Waals surface area contributed by atoms with Crippen molar-refractivity contribution in [3.8, 4) is 11.5 Å². The molecule has 29 heavy (non-hydrogen) atoms. The Kier molecular flexibility index (Phi) is 7.78. The molecule has 1 aromatic carbocycles. The zero-order valence-corrected chi connectivity index (χ0v) is 18.6. The summed E-state index contributed by atoms with van der Waals surface area (Å²) < 4.78 is 10.8. The van der Waals surface area contributed by atoms with Gasteiger partial charge in [-0.15, -0.1) is 0 Å². The molecule has 0 radical (unpaired) electrons. The minimum atomic E-state index is 0.0340. The highest BCUT2D eigenvalue weighted by molar-refractivity contribution is 5.80. The molecule has 1 aliphatic carbocycles. The molecular weight excluding hydrogens is 366 g/mol. The van der Waals surface area contributed by atoms with Crippen molar-refractivity contribution in [2.75, 3.05) is 40.4 Å². The van der Waals surface area contributed by atoms with E-state index in [-0.39, 0.29) is 11.9 Å². The molecule has 0 unspecified atom stereocenters. The van der Waals surface area contributed by atoms with Gasteiger partial charge in [0.05, 0.1) is 14.2 Å². The summed E-state index contributed by atoms with van der Waals surface area (Å²) in [6.45, 7) is 9.60. The molecule has 2 aliphatic rings. The summed E-state index contributed by atoms with van der Waals surface area (Å²) in [5.74, 6) is 2.41. The Balaban J connectivity index is 1.47. The lowest BCUT2D eigenvalue weighted by Gasteiger charge is -2.35. The van der Waals surface area contributed by atoms with Gasteiger partial charge in [-0.3, -0.25) is 4.79 Å². The Morgan fingerprint density at radius 2 is 1.79 bits per heavy atom. The topological polar surface area (TPSA) is 56.4 Å². The van der Waals surface area contributed by atoms with Gasteiger partial charge < -0.3 is 24.6 Å². The fourth-order valence-corrected chi connectivity index (χ4v) is 4.84. The number of hydrogen-bond donors (Lipinski definition) is 3. The molecule has 0 aromatic heterocycles. The Labute approximate surface area is 175 Å². The second-order valence-corrected chi connectivity index (χ2v) is 8.87. The fraction of sp³-hybridized carbons (Fsp3) is 0.696. The van der Waals surface area contributed by atoms with Crippen LogP contribution < -0.4 is 24.6 Å². The zero-order chi connectivity index (χ0) is 20.8. The predicted octanol–water partition coefficient (Wildman–Crippen LogP) is 0.0706. The van der Waals surface area contributed by atoms with Gasteiger partial charge in [-0.25, -0.2) is 0 Å². The van der Waals surface area contributed by atoms with Crippen LogP contribution in [0.2, 0.25) is 0 Å². The monoisotopic (exact) mass is 405 g/mol. The van der Waals surface area contributed by atoms with Crippen molar-refractivity contribution in [2.24, 2.45) is 5.92 Å². The maximum Gasteiger partial charge on any atom is 0.278 e. The third-order valence-electron chi connectivity index (χ3n) is 6.95. The van der Waals surface area contributed by atoms with Crippen LogP contribution in [0, 0.1) is 5.92 Å². The summed E-state index contributed by atoms with van der Waals surface area (Å²) in [5.41, 5.74) is 1.26. The van der Waals surface area contributed by atoms with Crippen LogP contribution in [0.15, 0.2) is 18.2 Å².